The van der Waals surface area contributed by atoms with Crippen molar-refractivity contribution in [3.05, 3.63) is 130 Å². The fourth-order valence-corrected chi connectivity index (χ4v) is 10.0. The fourth-order valence-electron chi connectivity index (χ4n) is 10.0. The van der Waals surface area contributed by atoms with Crippen LogP contribution in [0.2, 0.25) is 0 Å². The SMILES string of the molecule is CC1(C)c2ccccc2-c2c1c1cccc3c4c(c5cc6c(c2c5c31)C(C)(C)c1ccccc1-6)C(C)(C)c1ccccc1-4. The van der Waals surface area contributed by atoms with E-state index in [9.17, 15) is 0 Å². The van der Waals surface area contributed by atoms with E-state index >= 15 is 0 Å². The Morgan fingerprint density at radius 2 is 0.837 bits per heavy atom. The van der Waals surface area contributed by atoms with Crippen LogP contribution >= 0.6 is 0 Å². The molecular formula is C43H34. The molecule has 10 rings (SSSR count). The van der Waals surface area contributed by atoms with Crippen molar-refractivity contribution < 1.29 is 0 Å². The van der Waals surface area contributed by atoms with Crippen molar-refractivity contribution in [3.8, 4) is 33.4 Å². The van der Waals surface area contributed by atoms with Crippen molar-refractivity contribution in [2.75, 3.05) is 0 Å². The van der Waals surface area contributed by atoms with E-state index in [4.69, 9.17) is 0 Å². The Kier molecular flexibility index (Phi) is 4.03. The molecule has 0 N–H and O–H groups in total. The summed E-state index contributed by atoms with van der Waals surface area (Å²) < 4.78 is 0. The lowest BCUT2D eigenvalue weighted by atomic mass is 9.72. The molecule has 7 aromatic rings. The van der Waals surface area contributed by atoms with Gasteiger partial charge in [-0.1, -0.05) is 133 Å². The average Bonchev–Trinajstić information content (AvgIpc) is 3.50. The summed E-state index contributed by atoms with van der Waals surface area (Å²) in [4.78, 5) is 0. The first-order valence-electron chi connectivity index (χ1n) is 15.8. The quantitative estimate of drug-likeness (QED) is 0.165. The van der Waals surface area contributed by atoms with Gasteiger partial charge >= 0.3 is 0 Å². The maximum atomic E-state index is 2.60. The molecule has 3 aliphatic rings. The zero-order valence-corrected chi connectivity index (χ0v) is 25.7. The summed E-state index contributed by atoms with van der Waals surface area (Å²) in [6.45, 7) is 14.7. The van der Waals surface area contributed by atoms with Crippen LogP contribution in [0.15, 0.2) is 97.1 Å². The van der Waals surface area contributed by atoms with Crippen LogP contribution in [0, 0.1) is 0 Å². The summed E-state index contributed by atoms with van der Waals surface area (Å²) in [6, 6.07) is 37.3. The van der Waals surface area contributed by atoms with E-state index in [1.807, 2.05) is 0 Å². The first-order chi connectivity index (χ1) is 20.6. The van der Waals surface area contributed by atoms with Gasteiger partial charge in [0.25, 0.3) is 0 Å². The molecule has 0 aromatic heterocycles. The van der Waals surface area contributed by atoms with E-state index in [0.717, 1.165) is 0 Å². The summed E-state index contributed by atoms with van der Waals surface area (Å²) >= 11 is 0. The molecule has 0 amide bonds. The summed E-state index contributed by atoms with van der Waals surface area (Å²) in [7, 11) is 0. The predicted molar refractivity (Wildman–Crippen MR) is 183 cm³/mol. The minimum absolute atomic E-state index is 0.0985. The maximum Gasteiger partial charge on any atom is 0.0165 e. The fraction of sp³-hybridized carbons (Fsp3) is 0.209. The molecule has 0 saturated carbocycles. The van der Waals surface area contributed by atoms with Gasteiger partial charge in [-0.15, -0.1) is 0 Å². The van der Waals surface area contributed by atoms with Gasteiger partial charge in [0.1, 0.15) is 0 Å². The van der Waals surface area contributed by atoms with Gasteiger partial charge in [0, 0.05) is 16.2 Å². The normalized spacial score (nSPS) is 17.6. The van der Waals surface area contributed by atoms with Gasteiger partial charge in [-0.3, -0.25) is 0 Å². The van der Waals surface area contributed by atoms with Gasteiger partial charge in [0.2, 0.25) is 0 Å². The zero-order chi connectivity index (χ0) is 29.2. The highest BCUT2D eigenvalue weighted by Crippen LogP contribution is 2.64. The summed E-state index contributed by atoms with van der Waals surface area (Å²) in [6.07, 6.45) is 0. The summed E-state index contributed by atoms with van der Waals surface area (Å²) in [5, 5.41) is 8.67. The van der Waals surface area contributed by atoms with Crippen molar-refractivity contribution in [2.45, 2.75) is 57.8 Å². The molecule has 0 saturated heterocycles. The van der Waals surface area contributed by atoms with Crippen molar-refractivity contribution in [2.24, 2.45) is 0 Å². The number of hydrogen-bond donors (Lipinski definition) is 0. The van der Waals surface area contributed by atoms with Crippen LogP contribution in [-0.4, -0.2) is 0 Å². The molecule has 0 aliphatic heterocycles. The van der Waals surface area contributed by atoms with Crippen LogP contribution in [-0.2, 0) is 16.2 Å². The molecule has 43 heavy (non-hydrogen) atoms. The molecule has 0 heterocycles. The van der Waals surface area contributed by atoms with Crippen molar-refractivity contribution in [1.29, 1.82) is 0 Å². The number of fused-ring (bicyclic) bond motifs is 14. The van der Waals surface area contributed by atoms with Gasteiger partial charge in [-0.2, -0.15) is 0 Å². The molecule has 7 aromatic carbocycles. The Morgan fingerprint density at radius 1 is 0.349 bits per heavy atom. The van der Waals surface area contributed by atoms with E-state index in [-0.39, 0.29) is 16.2 Å². The van der Waals surface area contributed by atoms with E-state index in [2.05, 4.69) is 139 Å². The van der Waals surface area contributed by atoms with Gasteiger partial charge in [0.05, 0.1) is 0 Å². The van der Waals surface area contributed by atoms with Crippen LogP contribution in [0.25, 0.3) is 65.7 Å². The molecule has 0 atom stereocenters. The Bertz CT molecular complexity index is 2410. The van der Waals surface area contributed by atoms with Crippen molar-refractivity contribution in [3.63, 3.8) is 0 Å². The summed E-state index contributed by atoms with van der Waals surface area (Å²) in [5.41, 5.74) is 17.1. The van der Waals surface area contributed by atoms with Crippen LogP contribution in [0.4, 0.5) is 0 Å². The van der Waals surface area contributed by atoms with Gasteiger partial charge in [0.15, 0.2) is 0 Å². The first-order valence-corrected chi connectivity index (χ1v) is 15.8. The lowest BCUT2D eigenvalue weighted by Crippen LogP contribution is -2.19. The second-order valence-electron chi connectivity index (χ2n) is 14.8. The molecule has 0 bridgehead atoms. The summed E-state index contributed by atoms with van der Waals surface area (Å²) in [5.74, 6) is 0. The Balaban J connectivity index is 1.58. The van der Waals surface area contributed by atoms with Gasteiger partial charge in [-0.25, -0.2) is 0 Å². The van der Waals surface area contributed by atoms with E-state index < -0.39 is 0 Å². The molecular weight excluding hydrogens is 516 g/mol. The molecule has 3 aliphatic carbocycles. The minimum atomic E-state index is -0.106. The largest absolute Gasteiger partial charge is 0.0619 e. The molecule has 0 radical (unpaired) electrons. The smallest absolute Gasteiger partial charge is 0.0165 e. The topological polar surface area (TPSA) is 0 Å². The highest BCUT2D eigenvalue weighted by molar-refractivity contribution is 6.34. The van der Waals surface area contributed by atoms with Gasteiger partial charge in [-0.05, 0) is 105 Å². The van der Waals surface area contributed by atoms with Crippen LogP contribution < -0.4 is 0 Å². The van der Waals surface area contributed by atoms with E-state index in [0.29, 0.717) is 0 Å². The third-order valence-corrected chi connectivity index (χ3v) is 11.7. The number of hydrogen-bond acceptors (Lipinski definition) is 0. The lowest BCUT2D eigenvalue weighted by molar-refractivity contribution is 0.662. The van der Waals surface area contributed by atoms with Crippen molar-refractivity contribution >= 4 is 32.3 Å². The maximum absolute atomic E-state index is 2.60. The van der Waals surface area contributed by atoms with Crippen LogP contribution in [0.1, 0.15) is 74.9 Å². The van der Waals surface area contributed by atoms with E-state index in [1.165, 1.54) is 99.1 Å². The Hall–Kier alpha value is -4.42. The lowest BCUT2D eigenvalue weighted by Gasteiger charge is -2.31. The van der Waals surface area contributed by atoms with E-state index in [1.54, 1.807) is 0 Å². The third kappa shape index (κ3) is 2.48. The predicted octanol–water partition coefficient (Wildman–Crippen LogP) is 11.5. The standard InChI is InChI=1S/C43H34/c1-41(2)30-19-10-7-14-23(30)28-22-29-35-33-26(34-24-15-8-11-20-31(24)43(5,6)40(29)34)17-13-18-27(33)38-36(37(35)39(28)41)25-16-9-12-21-32(25)42(38,3)4/h7-22H,1-6H3. The van der Waals surface area contributed by atoms with Gasteiger partial charge < -0.3 is 0 Å². The van der Waals surface area contributed by atoms with Crippen molar-refractivity contribution in [1.82, 2.24) is 0 Å². The minimum Gasteiger partial charge on any atom is -0.0619 e. The average molecular weight is 551 g/mol. The Labute approximate surface area is 253 Å². The van der Waals surface area contributed by atoms with Crippen LogP contribution in [0.3, 0.4) is 0 Å². The number of benzene rings is 7. The second-order valence-corrected chi connectivity index (χ2v) is 14.8. The number of rotatable bonds is 0. The molecule has 0 unspecified atom stereocenters. The Morgan fingerprint density at radius 3 is 1.49 bits per heavy atom. The highest BCUT2D eigenvalue weighted by Gasteiger charge is 2.46. The first kappa shape index (κ1) is 24.1. The molecule has 0 spiro atoms. The molecule has 0 fully saturated rings. The molecule has 206 valence electrons. The molecule has 0 heteroatoms. The highest BCUT2D eigenvalue weighted by atomic mass is 14.5. The zero-order valence-electron chi connectivity index (χ0n) is 25.7. The third-order valence-electron chi connectivity index (χ3n) is 11.7. The molecule has 0 nitrogen and oxygen atoms in total. The monoisotopic (exact) mass is 550 g/mol. The second kappa shape index (κ2) is 7.20. The van der Waals surface area contributed by atoms with Crippen LogP contribution in [0.5, 0.6) is 0 Å².